The molecule has 3 aromatic rings. The van der Waals surface area contributed by atoms with Crippen LogP contribution in [0.25, 0.3) is 0 Å². The minimum Gasteiger partial charge on any atom is -0.324 e. The van der Waals surface area contributed by atoms with Gasteiger partial charge in [0.1, 0.15) is 22.1 Å². The molecule has 0 radical (unpaired) electrons. The van der Waals surface area contributed by atoms with Gasteiger partial charge in [-0.05, 0) is 36.2 Å². The zero-order chi connectivity index (χ0) is 22.6. The Morgan fingerprint density at radius 2 is 1.78 bits per heavy atom. The van der Waals surface area contributed by atoms with Gasteiger partial charge in [-0.1, -0.05) is 55.1 Å². The molecule has 1 unspecified atom stereocenters. The van der Waals surface area contributed by atoms with Gasteiger partial charge in [-0.25, -0.2) is 14.8 Å². The van der Waals surface area contributed by atoms with E-state index in [9.17, 15) is 14.4 Å². The fraction of sp³-hybridized carbons (Fsp3) is 0.174. The van der Waals surface area contributed by atoms with E-state index < -0.39 is 23.4 Å². The number of carbonyl (C=O) groups excluding carboxylic acids is 3. The number of nitrogens with one attached hydrogen (secondary N) is 2. The van der Waals surface area contributed by atoms with Gasteiger partial charge in [0.15, 0.2) is 0 Å². The van der Waals surface area contributed by atoms with Crippen LogP contribution in [0.4, 0.5) is 10.5 Å². The average molecular weight is 448 g/mol. The second-order valence-corrected chi connectivity index (χ2v) is 8.19. The first-order valence-corrected chi connectivity index (χ1v) is 10.9. The number of nitrogens with zero attached hydrogens (tertiary/aromatic N) is 3. The fourth-order valence-corrected chi connectivity index (χ4v) is 4.31. The number of aromatic nitrogens is 2. The number of hydrogen-bond donors (Lipinski definition) is 2. The molecule has 1 fully saturated rings. The minimum absolute atomic E-state index is 0.373. The number of amides is 4. The number of urea groups is 1. The van der Waals surface area contributed by atoms with Gasteiger partial charge in [-0.2, -0.15) is 0 Å². The van der Waals surface area contributed by atoms with Crippen molar-refractivity contribution in [3.8, 4) is 0 Å². The summed E-state index contributed by atoms with van der Waals surface area (Å²) in [5.74, 6) is -0.916. The molecule has 1 aliphatic rings. The Morgan fingerprint density at radius 1 is 1.03 bits per heavy atom. The van der Waals surface area contributed by atoms with Crippen molar-refractivity contribution in [1.82, 2.24) is 20.2 Å². The second-order valence-electron chi connectivity index (χ2n) is 7.15. The third-order valence-corrected chi connectivity index (χ3v) is 6.02. The molecule has 1 saturated heterocycles. The van der Waals surface area contributed by atoms with Gasteiger partial charge in [0.05, 0.1) is 0 Å². The lowest BCUT2D eigenvalue weighted by atomic mass is 9.87. The Morgan fingerprint density at radius 3 is 2.50 bits per heavy atom. The van der Waals surface area contributed by atoms with Crippen molar-refractivity contribution in [2.24, 2.45) is 0 Å². The standard InChI is InChI=1S/C23H21N5O3S/c1-2-23(16-8-4-3-5-9-16)21(30)28(22(31)27-23)15-18(29)26-17-11-13-25-20(14-17)32-19-10-6-7-12-24-19/h3-14H,2,15H2,1H3,(H,27,31)(H,25,26,29). The van der Waals surface area contributed by atoms with Gasteiger partial charge in [0.2, 0.25) is 5.91 Å². The van der Waals surface area contributed by atoms with Gasteiger partial charge < -0.3 is 10.6 Å². The summed E-state index contributed by atoms with van der Waals surface area (Å²) in [5, 5.41) is 6.95. The predicted octanol–water partition coefficient (Wildman–Crippen LogP) is 3.42. The Bertz CT molecular complexity index is 1140. The number of pyridine rings is 2. The molecule has 8 nitrogen and oxygen atoms in total. The fourth-order valence-electron chi connectivity index (χ4n) is 3.53. The lowest BCUT2D eigenvalue weighted by Gasteiger charge is -2.25. The molecule has 3 heterocycles. The summed E-state index contributed by atoms with van der Waals surface area (Å²) in [5.41, 5.74) is 0.0382. The van der Waals surface area contributed by atoms with E-state index in [1.54, 1.807) is 36.7 Å². The highest BCUT2D eigenvalue weighted by atomic mass is 32.2. The van der Waals surface area contributed by atoms with Crippen LogP contribution in [-0.4, -0.2) is 39.3 Å². The molecule has 4 rings (SSSR count). The first-order chi connectivity index (χ1) is 15.5. The van der Waals surface area contributed by atoms with Crippen LogP contribution in [0, 0.1) is 0 Å². The first-order valence-electron chi connectivity index (χ1n) is 10.1. The topological polar surface area (TPSA) is 104 Å². The lowest BCUT2D eigenvalue weighted by Crippen LogP contribution is -2.44. The van der Waals surface area contributed by atoms with E-state index in [2.05, 4.69) is 20.6 Å². The summed E-state index contributed by atoms with van der Waals surface area (Å²) < 4.78 is 0. The van der Waals surface area contributed by atoms with Crippen molar-refractivity contribution in [2.75, 3.05) is 11.9 Å². The zero-order valence-corrected chi connectivity index (χ0v) is 18.1. The third kappa shape index (κ3) is 4.33. The Hall–Kier alpha value is -3.72. The molecule has 2 aromatic heterocycles. The molecule has 2 N–H and O–H groups in total. The van der Waals surface area contributed by atoms with Crippen LogP contribution in [-0.2, 0) is 15.1 Å². The van der Waals surface area contributed by atoms with Crippen LogP contribution in [0.2, 0.25) is 0 Å². The largest absolute Gasteiger partial charge is 0.325 e. The zero-order valence-electron chi connectivity index (χ0n) is 17.3. The maximum absolute atomic E-state index is 13.2. The van der Waals surface area contributed by atoms with Gasteiger partial charge in [0, 0.05) is 18.1 Å². The Labute approximate surface area is 189 Å². The first kappa shape index (κ1) is 21.5. The maximum Gasteiger partial charge on any atom is 0.325 e. The van der Waals surface area contributed by atoms with E-state index in [1.807, 2.05) is 43.3 Å². The van der Waals surface area contributed by atoms with Crippen molar-refractivity contribution in [1.29, 1.82) is 0 Å². The van der Waals surface area contributed by atoms with Crippen LogP contribution in [0.3, 0.4) is 0 Å². The van der Waals surface area contributed by atoms with E-state index in [4.69, 9.17) is 0 Å². The minimum atomic E-state index is -1.16. The quantitative estimate of drug-likeness (QED) is 0.538. The number of anilines is 1. The maximum atomic E-state index is 13.2. The van der Waals surface area contributed by atoms with Crippen molar-refractivity contribution >= 4 is 35.3 Å². The molecule has 32 heavy (non-hydrogen) atoms. The van der Waals surface area contributed by atoms with Gasteiger partial charge in [0.25, 0.3) is 5.91 Å². The summed E-state index contributed by atoms with van der Waals surface area (Å²) in [7, 11) is 0. The normalized spacial score (nSPS) is 17.8. The molecule has 162 valence electrons. The molecule has 1 aromatic carbocycles. The molecule has 4 amide bonds. The SMILES string of the molecule is CCC1(c2ccccc2)NC(=O)N(CC(=O)Nc2ccnc(Sc3ccccn3)c2)C1=O. The monoisotopic (exact) mass is 447 g/mol. The van der Waals surface area contributed by atoms with Crippen LogP contribution in [0.15, 0.2) is 83.1 Å². The van der Waals surface area contributed by atoms with E-state index >= 15 is 0 Å². The smallest absolute Gasteiger partial charge is 0.324 e. The van der Waals surface area contributed by atoms with Crippen LogP contribution in [0.1, 0.15) is 18.9 Å². The highest BCUT2D eigenvalue weighted by molar-refractivity contribution is 7.99. The molecule has 0 aliphatic carbocycles. The van der Waals surface area contributed by atoms with Gasteiger partial charge in [-0.3, -0.25) is 14.5 Å². The number of benzene rings is 1. The molecular weight excluding hydrogens is 426 g/mol. The molecular formula is C23H21N5O3S. The predicted molar refractivity (Wildman–Crippen MR) is 120 cm³/mol. The van der Waals surface area contributed by atoms with Crippen molar-refractivity contribution in [2.45, 2.75) is 28.9 Å². The number of rotatable bonds is 7. The third-order valence-electron chi connectivity index (χ3n) is 5.14. The van der Waals surface area contributed by atoms with E-state index in [-0.39, 0.29) is 6.54 Å². The molecule has 1 aliphatic heterocycles. The summed E-state index contributed by atoms with van der Waals surface area (Å²) in [6.45, 7) is 1.44. The van der Waals surface area contributed by atoms with E-state index in [0.29, 0.717) is 22.7 Å². The average Bonchev–Trinajstić information content (AvgIpc) is 3.05. The highest BCUT2D eigenvalue weighted by Gasteiger charge is 2.51. The van der Waals surface area contributed by atoms with Crippen molar-refractivity contribution in [3.63, 3.8) is 0 Å². The lowest BCUT2D eigenvalue weighted by molar-refractivity contribution is -0.134. The summed E-state index contributed by atoms with van der Waals surface area (Å²) in [6, 6.07) is 17.4. The van der Waals surface area contributed by atoms with Crippen molar-refractivity contribution < 1.29 is 14.4 Å². The summed E-state index contributed by atoms with van der Waals surface area (Å²) >= 11 is 1.36. The van der Waals surface area contributed by atoms with E-state index in [0.717, 1.165) is 9.93 Å². The second kappa shape index (κ2) is 9.19. The summed E-state index contributed by atoms with van der Waals surface area (Å²) in [4.78, 5) is 47.8. The van der Waals surface area contributed by atoms with E-state index in [1.165, 1.54) is 11.8 Å². The number of imide groups is 1. The molecule has 9 heteroatoms. The molecule has 0 saturated carbocycles. The van der Waals surface area contributed by atoms with Crippen LogP contribution >= 0.6 is 11.8 Å². The Kier molecular flexibility index (Phi) is 6.18. The molecule has 0 bridgehead atoms. The van der Waals surface area contributed by atoms with Crippen LogP contribution in [0.5, 0.6) is 0 Å². The van der Waals surface area contributed by atoms with Crippen molar-refractivity contribution in [3.05, 3.63) is 78.6 Å². The highest BCUT2D eigenvalue weighted by Crippen LogP contribution is 2.32. The molecule has 0 spiro atoms. The number of carbonyl (C=O) groups is 3. The van der Waals surface area contributed by atoms with Gasteiger partial charge in [-0.15, -0.1) is 0 Å². The van der Waals surface area contributed by atoms with Crippen LogP contribution < -0.4 is 10.6 Å². The summed E-state index contributed by atoms with van der Waals surface area (Å²) in [6.07, 6.45) is 3.64. The Balaban J connectivity index is 1.45. The molecule has 1 atom stereocenters. The number of hydrogen-bond acceptors (Lipinski definition) is 6. The van der Waals surface area contributed by atoms with Gasteiger partial charge >= 0.3 is 6.03 Å².